The average Bonchev–Trinajstić information content (AvgIpc) is 2.78. The van der Waals surface area contributed by atoms with Gasteiger partial charge in [0.05, 0.1) is 23.9 Å². The molecule has 1 aromatic heterocycles. The molecule has 4 rings (SSSR count). The van der Waals surface area contributed by atoms with E-state index < -0.39 is 0 Å². The lowest BCUT2D eigenvalue weighted by molar-refractivity contribution is 0.0746. The zero-order chi connectivity index (χ0) is 21.3. The van der Waals surface area contributed by atoms with Gasteiger partial charge in [0.1, 0.15) is 17.6 Å². The first-order valence-electron chi connectivity index (χ1n) is 9.69. The maximum absolute atomic E-state index is 14.1. The lowest BCUT2D eigenvalue weighted by Crippen LogP contribution is -2.49. The van der Waals surface area contributed by atoms with Gasteiger partial charge in [-0.2, -0.15) is 5.26 Å². The standard InChI is InChI=1S/C23H21FN4O2/c1-15-10-18(24)12-20-21(15)26-14-17(13-25)22(20)27-6-8-28(9-7-27)23(29)16-4-3-5-19(11-16)30-2/h3-5,10-12,14H,6-9H2,1-2H3. The lowest BCUT2D eigenvalue weighted by atomic mass is 10.0. The van der Waals surface area contributed by atoms with E-state index in [1.54, 1.807) is 43.2 Å². The van der Waals surface area contributed by atoms with Gasteiger partial charge < -0.3 is 14.5 Å². The molecule has 0 aliphatic carbocycles. The minimum absolute atomic E-state index is 0.0597. The van der Waals surface area contributed by atoms with E-state index in [4.69, 9.17) is 4.74 Å². The number of ether oxygens (including phenoxy) is 1. The van der Waals surface area contributed by atoms with Gasteiger partial charge in [-0.05, 0) is 42.8 Å². The van der Waals surface area contributed by atoms with E-state index >= 15 is 0 Å². The van der Waals surface area contributed by atoms with Crippen molar-refractivity contribution in [3.63, 3.8) is 0 Å². The molecule has 2 aromatic carbocycles. The number of pyridine rings is 1. The van der Waals surface area contributed by atoms with E-state index in [1.807, 2.05) is 4.90 Å². The third kappa shape index (κ3) is 3.52. The van der Waals surface area contributed by atoms with Gasteiger partial charge in [0.25, 0.3) is 5.91 Å². The number of amides is 1. The van der Waals surface area contributed by atoms with Crippen molar-refractivity contribution in [3.8, 4) is 11.8 Å². The van der Waals surface area contributed by atoms with Crippen LogP contribution in [-0.2, 0) is 0 Å². The monoisotopic (exact) mass is 404 g/mol. The third-order valence-electron chi connectivity index (χ3n) is 5.42. The number of fused-ring (bicyclic) bond motifs is 1. The van der Waals surface area contributed by atoms with Crippen LogP contribution in [-0.4, -0.2) is 49.1 Å². The van der Waals surface area contributed by atoms with E-state index in [-0.39, 0.29) is 11.7 Å². The Balaban J connectivity index is 1.61. The number of nitriles is 1. The number of methoxy groups -OCH3 is 1. The van der Waals surface area contributed by atoms with Gasteiger partial charge in [0, 0.05) is 43.3 Å². The number of hydrogen-bond acceptors (Lipinski definition) is 5. The molecule has 3 aromatic rings. The van der Waals surface area contributed by atoms with Crippen molar-refractivity contribution < 1.29 is 13.9 Å². The maximum Gasteiger partial charge on any atom is 0.254 e. The Labute approximate surface area is 174 Å². The first-order chi connectivity index (χ1) is 14.5. The van der Waals surface area contributed by atoms with E-state index in [9.17, 15) is 14.4 Å². The predicted octanol–water partition coefficient (Wildman–Crippen LogP) is 3.53. The van der Waals surface area contributed by atoms with Crippen LogP contribution in [0.1, 0.15) is 21.5 Å². The lowest BCUT2D eigenvalue weighted by Gasteiger charge is -2.37. The second-order valence-electron chi connectivity index (χ2n) is 7.26. The number of nitrogens with zero attached hydrogens (tertiary/aromatic N) is 4. The Morgan fingerprint density at radius 1 is 1.20 bits per heavy atom. The first kappa shape index (κ1) is 19.6. The highest BCUT2D eigenvalue weighted by Gasteiger charge is 2.25. The topological polar surface area (TPSA) is 69.5 Å². The highest BCUT2D eigenvalue weighted by atomic mass is 19.1. The first-order valence-corrected chi connectivity index (χ1v) is 9.69. The van der Waals surface area contributed by atoms with E-state index in [1.165, 1.54) is 18.3 Å². The van der Waals surface area contributed by atoms with Crippen LogP contribution in [0, 0.1) is 24.1 Å². The van der Waals surface area contributed by atoms with Gasteiger partial charge in [-0.25, -0.2) is 4.39 Å². The molecule has 0 spiro atoms. The molecule has 1 saturated heterocycles. The van der Waals surface area contributed by atoms with E-state index in [0.29, 0.717) is 59.6 Å². The number of benzene rings is 2. The Bertz CT molecular complexity index is 1160. The molecule has 7 heteroatoms. The summed E-state index contributed by atoms with van der Waals surface area (Å²) in [6.07, 6.45) is 1.54. The number of aryl methyl sites for hydroxylation is 1. The Morgan fingerprint density at radius 2 is 1.97 bits per heavy atom. The van der Waals surface area contributed by atoms with Crippen LogP contribution >= 0.6 is 0 Å². The number of carbonyl (C=O) groups excluding carboxylic acids is 1. The Hall–Kier alpha value is -3.66. The van der Waals surface area contributed by atoms with Crippen LogP contribution in [0.4, 0.5) is 10.1 Å². The zero-order valence-corrected chi connectivity index (χ0v) is 16.9. The molecule has 1 aliphatic rings. The molecule has 2 heterocycles. The molecule has 1 fully saturated rings. The van der Waals surface area contributed by atoms with Crippen LogP contribution in [0.25, 0.3) is 10.9 Å². The number of hydrogen-bond donors (Lipinski definition) is 0. The number of halogens is 1. The second kappa shape index (κ2) is 7.99. The summed E-state index contributed by atoms with van der Waals surface area (Å²) >= 11 is 0. The second-order valence-corrected chi connectivity index (χ2v) is 7.26. The summed E-state index contributed by atoms with van der Waals surface area (Å²) in [4.78, 5) is 21.1. The van der Waals surface area contributed by atoms with Gasteiger partial charge in [0.2, 0.25) is 0 Å². The zero-order valence-electron chi connectivity index (χ0n) is 16.9. The summed E-state index contributed by atoms with van der Waals surface area (Å²) < 4.78 is 19.3. The fourth-order valence-electron chi connectivity index (χ4n) is 3.92. The number of carbonyl (C=O) groups is 1. The molecule has 152 valence electrons. The van der Waals surface area contributed by atoms with Crippen molar-refractivity contribution >= 4 is 22.5 Å². The quantitative estimate of drug-likeness (QED) is 0.668. The SMILES string of the molecule is COc1cccc(C(=O)N2CCN(c3c(C#N)cnc4c(C)cc(F)cc34)CC2)c1. The molecule has 0 N–H and O–H groups in total. The van der Waals surface area contributed by atoms with E-state index in [2.05, 4.69) is 11.1 Å². The molecule has 0 radical (unpaired) electrons. The summed E-state index contributed by atoms with van der Waals surface area (Å²) in [6, 6.07) is 12.1. The van der Waals surface area contributed by atoms with Crippen LogP contribution in [0.2, 0.25) is 0 Å². The smallest absolute Gasteiger partial charge is 0.254 e. The molecule has 30 heavy (non-hydrogen) atoms. The average molecular weight is 404 g/mol. The van der Waals surface area contributed by atoms with Crippen LogP contribution in [0.3, 0.4) is 0 Å². The molecule has 0 bridgehead atoms. The highest BCUT2D eigenvalue weighted by Crippen LogP contribution is 2.32. The number of aromatic nitrogens is 1. The molecular weight excluding hydrogens is 383 g/mol. The molecule has 1 aliphatic heterocycles. The fraction of sp³-hybridized carbons (Fsp3) is 0.261. The maximum atomic E-state index is 14.1. The van der Waals surface area contributed by atoms with E-state index in [0.717, 1.165) is 5.56 Å². The summed E-state index contributed by atoms with van der Waals surface area (Å²) in [5.41, 5.74) is 3.06. The largest absolute Gasteiger partial charge is 0.497 e. The number of rotatable bonds is 3. The van der Waals surface area contributed by atoms with Crippen LogP contribution in [0.15, 0.2) is 42.6 Å². The van der Waals surface area contributed by atoms with Crippen molar-refractivity contribution in [1.29, 1.82) is 5.26 Å². The normalized spacial score (nSPS) is 13.9. The molecule has 6 nitrogen and oxygen atoms in total. The van der Waals surface area contributed by atoms with Crippen molar-refractivity contribution in [1.82, 2.24) is 9.88 Å². The van der Waals surface area contributed by atoms with Gasteiger partial charge in [-0.15, -0.1) is 0 Å². The molecule has 0 atom stereocenters. The summed E-state index contributed by atoms with van der Waals surface area (Å²) in [5, 5.41) is 10.2. The predicted molar refractivity (Wildman–Crippen MR) is 112 cm³/mol. The number of piperazine rings is 1. The molecule has 0 saturated carbocycles. The molecule has 1 amide bonds. The van der Waals surface area contributed by atoms with Crippen molar-refractivity contribution in [2.75, 3.05) is 38.2 Å². The Kier molecular flexibility index (Phi) is 5.23. The summed E-state index contributed by atoms with van der Waals surface area (Å²) in [6.45, 7) is 3.88. The van der Waals surface area contributed by atoms with Crippen molar-refractivity contribution in [2.45, 2.75) is 6.92 Å². The van der Waals surface area contributed by atoms with Gasteiger partial charge in [-0.3, -0.25) is 9.78 Å². The van der Waals surface area contributed by atoms with Crippen molar-refractivity contribution in [2.24, 2.45) is 0 Å². The summed E-state index contributed by atoms with van der Waals surface area (Å²) in [5.74, 6) is 0.222. The number of anilines is 1. The van der Waals surface area contributed by atoms with Crippen LogP contribution in [0.5, 0.6) is 5.75 Å². The highest BCUT2D eigenvalue weighted by molar-refractivity contribution is 5.97. The minimum Gasteiger partial charge on any atom is -0.497 e. The Morgan fingerprint density at radius 3 is 2.67 bits per heavy atom. The van der Waals surface area contributed by atoms with Crippen LogP contribution < -0.4 is 9.64 Å². The summed E-state index contributed by atoms with van der Waals surface area (Å²) in [7, 11) is 1.57. The van der Waals surface area contributed by atoms with Crippen molar-refractivity contribution in [3.05, 3.63) is 65.1 Å². The van der Waals surface area contributed by atoms with Gasteiger partial charge >= 0.3 is 0 Å². The molecular formula is C23H21FN4O2. The fourth-order valence-corrected chi connectivity index (χ4v) is 3.92. The molecule has 0 unspecified atom stereocenters. The third-order valence-corrected chi connectivity index (χ3v) is 5.42. The van der Waals surface area contributed by atoms with Gasteiger partial charge in [-0.1, -0.05) is 6.07 Å². The van der Waals surface area contributed by atoms with Gasteiger partial charge in [0.15, 0.2) is 0 Å². The minimum atomic E-state index is -0.357.